The molecule has 38 heavy (non-hydrogen) atoms. The molecule has 1 saturated carbocycles. The number of nitrogens with zero attached hydrogens (tertiary/aromatic N) is 5. The van der Waals surface area contributed by atoms with E-state index >= 15 is 0 Å². The first kappa shape index (κ1) is 28.3. The van der Waals surface area contributed by atoms with Crippen molar-refractivity contribution in [3.63, 3.8) is 0 Å². The molecule has 0 bridgehead atoms. The second kappa shape index (κ2) is 11.2. The summed E-state index contributed by atoms with van der Waals surface area (Å²) in [6, 6.07) is 11.6. The van der Waals surface area contributed by atoms with Gasteiger partial charge in [0.1, 0.15) is 5.82 Å². The Morgan fingerprint density at radius 2 is 1.95 bits per heavy atom. The molecular weight excluding hydrogens is 528 g/mol. The van der Waals surface area contributed by atoms with Gasteiger partial charge in [-0.05, 0) is 43.2 Å². The van der Waals surface area contributed by atoms with E-state index in [1.165, 1.54) is 7.05 Å². The molecule has 206 valence electrons. The van der Waals surface area contributed by atoms with Gasteiger partial charge in [-0.1, -0.05) is 48.9 Å². The van der Waals surface area contributed by atoms with Gasteiger partial charge in [-0.25, -0.2) is 13.4 Å². The van der Waals surface area contributed by atoms with Crippen molar-refractivity contribution in [2.75, 3.05) is 49.3 Å². The van der Waals surface area contributed by atoms with Crippen LogP contribution in [0.1, 0.15) is 31.7 Å². The quantitative estimate of drug-likeness (QED) is 0.351. The molecule has 0 radical (unpaired) electrons. The third-order valence-corrected chi connectivity index (χ3v) is 8.44. The summed E-state index contributed by atoms with van der Waals surface area (Å²) in [6.45, 7) is 5.84. The van der Waals surface area contributed by atoms with Gasteiger partial charge in [-0.2, -0.15) is 0 Å². The lowest BCUT2D eigenvalue weighted by molar-refractivity contribution is 0.204. The summed E-state index contributed by atoms with van der Waals surface area (Å²) >= 11 is 6.75. The number of aromatic nitrogens is 3. The molecule has 4 rings (SSSR count). The van der Waals surface area contributed by atoms with E-state index in [1.807, 2.05) is 37.3 Å². The Kier molecular flexibility index (Phi) is 8.32. The highest BCUT2D eigenvalue weighted by Gasteiger charge is 2.35. The minimum Gasteiger partial charge on any atom is -0.419 e. The Morgan fingerprint density at radius 3 is 2.55 bits per heavy atom. The van der Waals surface area contributed by atoms with Gasteiger partial charge in [-0.3, -0.25) is 4.31 Å². The summed E-state index contributed by atoms with van der Waals surface area (Å²) in [7, 11) is -0.600. The topological polar surface area (TPSA) is 128 Å². The molecule has 12 heteroatoms. The Hall–Kier alpha value is -2.73. The normalized spacial score (nSPS) is 18.7. The van der Waals surface area contributed by atoms with Crippen molar-refractivity contribution >= 4 is 33.3 Å². The van der Waals surface area contributed by atoms with Crippen molar-refractivity contribution in [1.82, 2.24) is 15.2 Å². The van der Waals surface area contributed by atoms with Crippen molar-refractivity contribution in [3.8, 4) is 11.5 Å². The second-order valence-electron chi connectivity index (χ2n) is 10.3. The maximum absolute atomic E-state index is 12.5. The van der Waals surface area contributed by atoms with Gasteiger partial charge in [0, 0.05) is 27.2 Å². The maximum atomic E-state index is 12.5. The summed E-state index contributed by atoms with van der Waals surface area (Å²) in [4.78, 5) is 6.75. The molecule has 1 aliphatic carbocycles. The van der Waals surface area contributed by atoms with Crippen LogP contribution in [0.25, 0.3) is 11.5 Å². The molecule has 10 nitrogen and oxygen atoms in total. The molecule has 3 aromatic rings. The van der Waals surface area contributed by atoms with Crippen LogP contribution in [-0.4, -0.2) is 63.7 Å². The highest BCUT2D eigenvalue weighted by molar-refractivity contribution is 7.92. The number of anilines is 2. The van der Waals surface area contributed by atoms with E-state index in [0.717, 1.165) is 29.1 Å². The Balaban J connectivity index is 1.76. The van der Waals surface area contributed by atoms with Gasteiger partial charge in [0.15, 0.2) is 5.82 Å². The van der Waals surface area contributed by atoms with Crippen molar-refractivity contribution in [2.24, 2.45) is 17.6 Å². The number of rotatable bonds is 12. The maximum Gasteiger partial charge on any atom is 0.249 e. The van der Waals surface area contributed by atoms with Crippen molar-refractivity contribution in [2.45, 2.75) is 32.2 Å². The molecule has 0 amide bonds. The van der Waals surface area contributed by atoms with Gasteiger partial charge in [0.25, 0.3) is 0 Å². The van der Waals surface area contributed by atoms with E-state index in [9.17, 15) is 8.42 Å². The first-order chi connectivity index (χ1) is 17.9. The third-order valence-electron chi connectivity index (χ3n) is 6.90. The smallest absolute Gasteiger partial charge is 0.249 e. The number of hydrogen-bond donors (Lipinski definition) is 1. The monoisotopic (exact) mass is 562 g/mol. The lowest BCUT2D eigenvalue weighted by Gasteiger charge is -2.26. The molecule has 1 fully saturated rings. The number of methoxy groups -OCH3 is 1. The number of hydrogen-bond acceptors (Lipinski definition) is 9. The fourth-order valence-corrected chi connectivity index (χ4v) is 5.08. The van der Waals surface area contributed by atoms with Gasteiger partial charge in [0.05, 0.1) is 29.0 Å². The number of halogens is 1. The van der Waals surface area contributed by atoms with E-state index in [-0.39, 0.29) is 22.6 Å². The van der Waals surface area contributed by atoms with E-state index < -0.39 is 15.6 Å². The zero-order valence-electron chi connectivity index (χ0n) is 22.4. The molecule has 0 aliphatic heterocycles. The van der Waals surface area contributed by atoms with Crippen LogP contribution in [0.4, 0.5) is 11.6 Å². The largest absolute Gasteiger partial charge is 0.419 e. The van der Waals surface area contributed by atoms with Crippen LogP contribution >= 0.6 is 11.6 Å². The Labute approximate surface area is 229 Å². The summed E-state index contributed by atoms with van der Waals surface area (Å²) < 4.78 is 37.3. The van der Waals surface area contributed by atoms with Gasteiger partial charge >= 0.3 is 0 Å². The molecule has 2 aromatic heterocycles. The van der Waals surface area contributed by atoms with Crippen molar-refractivity contribution in [3.05, 3.63) is 52.9 Å². The average Bonchev–Trinajstić information content (AvgIpc) is 3.33. The molecule has 2 N–H and O–H groups in total. The summed E-state index contributed by atoms with van der Waals surface area (Å²) in [6.07, 6.45) is 2.71. The van der Waals surface area contributed by atoms with Crippen LogP contribution < -0.4 is 14.9 Å². The standard InChI is InChI=1S/C26H35ClN6O4S/c1-17-13-19(17)16-33(11-12-36-4)21-14-20(22(27)23(29-21)32(3)38(5,34)35)24-30-31-25(37-24)26(2,28)15-18-9-7-6-8-10-18/h6-10,14,17,19H,11-13,15-16,28H2,1-5H3/t17-,19+,26+/m0/s1. The van der Waals surface area contributed by atoms with E-state index in [2.05, 4.69) is 27.0 Å². The van der Waals surface area contributed by atoms with Crippen molar-refractivity contribution in [1.29, 1.82) is 0 Å². The predicted molar refractivity (Wildman–Crippen MR) is 149 cm³/mol. The van der Waals surface area contributed by atoms with Crippen LogP contribution in [0.15, 0.2) is 40.8 Å². The molecule has 0 unspecified atom stereocenters. The fraction of sp³-hybridized carbons (Fsp3) is 0.500. The Bertz CT molecular complexity index is 1370. The van der Waals surface area contributed by atoms with Crippen LogP contribution in [0.3, 0.4) is 0 Å². The lowest BCUT2D eigenvalue weighted by Crippen LogP contribution is -2.35. The van der Waals surface area contributed by atoms with Crippen LogP contribution in [0, 0.1) is 11.8 Å². The van der Waals surface area contributed by atoms with Gasteiger partial charge in [-0.15, -0.1) is 10.2 Å². The van der Waals surface area contributed by atoms with Crippen molar-refractivity contribution < 1.29 is 17.6 Å². The number of benzene rings is 1. The van der Waals surface area contributed by atoms with Crippen LogP contribution in [-0.2, 0) is 26.7 Å². The zero-order valence-corrected chi connectivity index (χ0v) is 24.0. The number of pyridine rings is 1. The first-order valence-electron chi connectivity index (χ1n) is 12.5. The highest BCUT2D eigenvalue weighted by atomic mass is 35.5. The van der Waals surface area contributed by atoms with Gasteiger partial charge < -0.3 is 19.8 Å². The summed E-state index contributed by atoms with van der Waals surface area (Å²) in [5.74, 6) is 2.14. The molecule has 1 aromatic carbocycles. The molecule has 2 heterocycles. The molecular formula is C26H35ClN6O4S. The number of nitrogens with two attached hydrogens (primary N) is 1. The average molecular weight is 563 g/mol. The minimum atomic E-state index is -3.65. The minimum absolute atomic E-state index is 0.0764. The molecule has 0 spiro atoms. The summed E-state index contributed by atoms with van der Waals surface area (Å²) in [5.41, 5.74) is 7.06. The highest BCUT2D eigenvalue weighted by Crippen LogP contribution is 2.41. The third kappa shape index (κ3) is 6.45. The second-order valence-corrected chi connectivity index (χ2v) is 12.7. The van der Waals surface area contributed by atoms with E-state index in [0.29, 0.717) is 42.8 Å². The Morgan fingerprint density at radius 1 is 1.26 bits per heavy atom. The molecule has 1 aliphatic rings. The zero-order chi connectivity index (χ0) is 27.7. The lowest BCUT2D eigenvalue weighted by atomic mass is 9.94. The fourth-order valence-electron chi connectivity index (χ4n) is 4.28. The van der Waals surface area contributed by atoms with E-state index in [4.69, 9.17) is 26.5 Å². The SMILES string of the molecule is COCCN(C[C@H]1C[C@@H]1C)c1cc(-c2nnc([C@](C)(N)Cc3ccccc3)o2)c(Cl)c(N(C)S(C)(=O)=O)n1. The van der Waals surface area contributed by atoms with Crippen LogP contribution in [0.2, 0.25) is 5.02 Å². The summed E-state index contributed by atoms with van der Waals surface area (Å²) in [5, 5.41) is 8.56. The van der Waals surface area contributed by atoms with Crippen LogP contribution in [0.5, 0.6) is 0 Å². The predicted octanol–water partition coefficient (Wildman–Crippen LogP) is 3.71. The molecule has 0 saturated heterocycles. The molecule has 3 atom stereocenters. The van der Waals surface area contributed by atoms with E-state index in [1.54, 1.807) is 13.2 Å². The van der Waals surface area contributed by atoms with Gasteiger partial charge in [0.2, 0.25) is 21.8 Å². The first-order valence-corrected chi connectivity index (χ1v) is 14.7. The number of ether oxygens (including phenoxy) is 1. The number of sulfonamides is 1.